The van der Waals surface area contributed by atoms with Crippen molar-refractivity contribution in [3.05, 3.63) is 63.6 Å². The second-order valence-electron chi connectivity index (χ2n) is 4.73. The van der Waals surface area contributed by atoms with Crippen LogP contribution in [0.2, 0.25) is 0 Å². The molecule has 5 heteroatoms. The van der Waals surface area contributed by atoms with Gasteiger partial charge in [0.25, 0.3) is 0 Å². The van der Waals surface area contributed by atoms with Crippen molar-refractivity contribution in [3.63, 3.8) is 0 Å². The first kappa shape index (κ1) is 15.9. The highest BCUT2D eigenvalue weighted by Gasteiger charge is 2.20. The van der Waals surface area contributed by atoms with Crippen molar-refractivity contribution in [3.8, 4) is 5.75 Å². The standard InChI is InChI=1S/C16H15BrF2O2/c1-10-3-2-4-11(9-10)21-8-7-14(20)15-13(18)6-5-12(17)16(15)19/h2-6,9,14,20H,7-8H2,1H3. The van der Waals surface area contributed by atoms with Gasteiger partial charge in [-0.05, 0) is 52.7 Å². The Bertz CT molecular complexity index is 632. The largest absolute Gasteiger partial charge is 0.493 e. The summed E-state index contributed by atoms with van der Waals surface area (Å²) in [5, 5.41) is 9.96. The Labute approximate surface area is 130 Å². The Morgan fingerprint density at radius 2 is 2.00 bits per heavy atom. The zero-order chi connectivity index (χ0) is 15.4. The van der Waals surface area contributed by atoms with Gasteiger partial charge < -0.3 is 9.84 Å². The lowest BCUT2D eigenvalue weighted by Gasteiger charge is -2.14. The van der Waals surface area contributed by atoms with Gasteiger partial charge in [-0.1, -0.05) is 12.1 Å². The number of ether oxygens (including phenoxy) is 1. The molecule has 2 aromatic rings. The fraction of sp³-hybridized carbons (Fsp3) is 0.250. The third-order valence-corrected chi connectivity index (χ3v) is 3.67. The minimum Gasteiger partial charge on any atom is -0.493 e. The molecule has 0 radical (unpaired) electrons. The van der Waals surface area contributed by atoms with Crippen molar-refractivity contribution < 1.29 is 18.6 Å². The Morgan fingerprint density at radius 3 is 2.71 bits per heavy atom. The van der Waals surface area contributed by atoms with E-state index in [1.54, 1.807) is 6.07 Å². The van der Waals surface area contributed by atoms with E-state index in [0.717, 1.165) is 11.6 Å². The smallest absolute Gasteiger partial charge is 0.146 e. The molecule has 2 aromatic carbocycles. The molecule has 1 atom stereocenters. The van der Waals surface area contributed by atoms with Crippen LogP contribution in [0.3, 0.4) is 0 Å². The fourth-order valence-electron chi connectivity index (χ4n) is 1.99. The van der Waals surface area contributed by atoms with Crippen molar-refractivity contribution in [1.82, 2.24) is 0 Å². The van der Waals surface area contributed by atoms with Gasteiger partial charge in [0.15, 0.2) is 0 Å². The zero-order valence-electron chi connectivity index (χ0n) is 11.4. The number of halogens is 3. The highest BCUT2D eigenvalue weighted by molar-refractivity contribution is 9.10. The molecule has 0 aliphatic heterocycles. The van der Waals surface area contributed by atoms with Gasteiger partial charge in [0, 0.05) is 6.42 Å². The van der Waals surface area contributed by atoms with Crippen LogP contribution in [0.5, 0.6) is 5.75 Å². The van der Waals surface area contributed by atoms with Gasteiger partial charge in [-0.3, -0.25) is 0 Å². The molecule has 0 amide bonds. The third-order valence-electron chi connectivity index (χ3n) is 3.06. The SMILES string of the molecule is Cc1cccc(OCCC(O)c2c(F)ccc(Br)c2F)c1. The topological polar surface area (TPSA) is 29.5 Å². The molecule has 0 bridgehead atoms. The Kier molecular flexibility index (Phi) is 5.31. The van der Waals surface area contributed by atoms with E-state index >= 15 is 0 Å². The lowest BCUT2D eigenvalue weighted by atomic mass is 10.1. The summed E-state index contributed by atoms with van der Waals surface area (Å²) in [7, 11) is 0. The second kappa shape index (κ2) is 7.00. The van der Waals surface area contributed by atoms with Gasteiger partial charge in [0.05, 0.1) is 22.7 Å². The van der Waals surface area contributed by atoms with E-state index in [1.165, 1.54) is 6.07 Å². The van der Waals surface area contributed by atoms with E-state index in [4.69, 9.17) is 4.74 Å². The number of aliphatic hydroxyl groups excluding tert-OH is 1. The molecular formula is C16H15BrF2O2. The van der Waals surface area contributed by atoms with Crippen LogP contribution in [-0.2, 0) is 0 Å². The summed E-state index contributed by atoms with van der Waals surface area (Å²) in [6.45, 7) is 2.10. The lowest BCUT2D eigenvalue weighted by Crippen LogP contribution is -2.09. The van der Waals surface area contributed by atoms with E-state index in [9.17, 15) is 13.9 Å². The molecule has 0 saturated heterocycles. The number of hydrogen-bond acceptors (Lipinski definition) is 2. The molecular weight excluding hydrogens is 342 g/mol. The van der Waals surface area contributed by atoms with Gasteiger partial charge in [-0.2, -0.15) is 0 Å². The summed E-state index contributed by atoms with van der Waals surface area (Å²) in [6.07, 6.45) is -1.16. The zero-order valence-corrected chi connectivity index (χ0v) is 13.0. The molecule has 1 unspecified atom stereocenters. The van der Waals surface area contributed by atoms with Gasteiger partial charge in [-0.15, -0.1) is 0 Å². The first-order valence-corrected chi connectivity index (χ1v) is 7.29. The van der Waals surface area contributed by atoms with Gasteiger partial charge in [0.2, 0.25) is 0 Å². The van der Waals surface area contributed by atoms with Crippen molar-refractivity contribution >= 4 is 15.9 Å². The van der Waals surface area contributed by atoms with E-state index in [-0.39, 0.29) is 23.1 Å². The highest BCUT2D eigenvalue weighted by atomic mass is 79.9. The average Bonchev–Trinajstić information content (AvgIpc) is 2.43. The monoisotopic (exact) mass is 356 g/mol. The molecule has 0 fully saturated rings. The van der Waals surface area contributed by atoms with Gasteiger partial charge in [-0.25, -0.2) is 8.78 Å². The summed E-state index contributed by atoms with van der Waals surface area (Å²) in [5.41, 5.74) is 0.717. The molecule has 1 N–H and O–H groups in total. The quantitative estimate of drug-likeness (QED) is 0.797. The van der Waals surface area contributed by atoms with Gasteiger partial charge >= 0.3 is 0 Å². The maximum absolute atomic E-state index is 13.8. The normalized spacial score (nSPS) is 12.2. The van der Waals surface area contributed by atoms with Crippen LogP contribution in [0.4, 0.5) is 8.78 Å². The van der Waals surface area contributed by atoms with Crippen molar-refractivity contribution in [1.29, 1.82) is 0 Å². The van der Waals surface area contributed by atoms with Crippen LogP contribution in [0, 0.1) is 18.6 Å². The maximum Gasteiger partial charge on any atom is 0.146 e. The Hall–Kier alpha value is -1.46. The fourth-order valence-corrected chi connectivity index (χ4v) is 2.33. The Balaban J connectivity index is 1.99. The molecule has 0 aliphatic rings. The first-order chi connectivity index (χ1) is 9.99. The molecule has 0 aromatic heterocycles. The second-order valence-corrected chi connectivity index (χ2v) is 5.58. The number of aryl methyl sites for hydroxylation is 1. The van der Waals surface area contributed by atoms with E-state index in [2.05, 4.69) is 15.9 Å². The number of benzene rings is 2. The molecule has 112 valence electrons. The Morgan fingerprint density at radius 1 is 1.24 bits per heavy atom. The van der Waals surface area contributed by atoms with Crippen LogP contribution in [-0.4, -0.2) is 11.7 Å². The van der Waals surface area contributed by atoms with E-state index < -0.39 is 17.7 Å². The lowest BCUT2D eigenvalue weighted by molar-refractivity contribution is 0.133. The number of rotatable bonds is 5. The number of aliphatic hydroxyl groups is 1. The average molecular weight is 357 g/mol. The van der Waals surface area contributed by atoms with Crippen LogP contribution >= 0.6 is 15.9 Å². The van der Waals surface area contributed by atoms with E-state index in [0.29, 0.717) is 5.75 Å². The molecule has 0 spiro atoms. The summed E-state index contributed by atoms with van der Waals surface area (Å²) in [4.78, 5) is 0. The predicted molar refractivity (Wildman–Crippen MR) is 80.3 cm³/mol. The molecule has 0 aliphatic carbocycles. The van der Waals surface area contributed by atoms with Crippen molar-refractivity contribution in [2.75, 3.05) is 6.61 Å². The maximum atomic E-state index is 13.8. The highest BCUT2D eigenvalue weighted by Crippen LogP contribution is 2.28. The molecule has 0 heterocycles. The minimum absolute atomic E-state index is 0.0955. The molecule has 2 nitrogen and oxygen atoms in total. The van der Waals surface area contributed by atoms with Crippen LogP contribution in [0.15, 0.2) is 40.9 Å². The molecule has 2 rings (SSSR count). The van der Waals surface area contributed by atoms with Crippen LogP contribution in [0.1, 0.15) is 23.7 Å². The van der Waals surface area contributed by atoms with Gasteiger partial charge in [0.1, 0.15) is 17.4 Å². The summed E-state index contributed by atoms with van der Waals surface area (Å²) in [5.74, 6) is -0.880. The molecule has 0 saturated carbocycles. The van der Waals surface area contributed by atoms with Crippen LogP contribution < -0.4 is 4.74 Å². The summed E-state index contributed by atoms with van der Waals surface area (Å²) >= 11 is 2.98. The van der Waals surface area contributed by atoms with Crippen molar-refractivity contribution in [2.24, 2.45) is 0 Å². The van der Waals surface area contributed by atoms with Crippen molar-refractivity contribution in [2.45, 2.75) is 19.4 Å². The summed E-state index contributed by atoms with van der Waals surface area (Å²) in [6, 6.07) is 9.83. The molecule has 21 heavy (non-hydrogen) atoms. The third kappa shape index (κ3) is 4.02. The number of hydrogen-bond donors (Lipinski definition) is 1. The summed E-state index contributed by atoms with van der Waals surface area (Å²) < 4.78 is 33.0. The minimum atomic E-state index is -1.26. The van der Waals surface area contributed by atoms with E-state index in [1.807, 2.05) is 25.1 Å². The van der Waals surface area contributed by atoms with Crippen LogP contribution in [0.25, 0.3) is 0 Å². The first-order valence-electron chi connectivity index (χ1n) is 6.50. The predicted octanol–water partition coefficient (Wildman–Crippen LogP) is 4.54.